The third kappa shape index (κ3) is 2.93. The summed E-state index contributed by atoms with van der Waals surface area (Å²) in [6.45, 7) is -0.0696. The van der Waals surface area contributed by atoms with Gasteiger partial charge in [-0.1, -0.05) is 12.1 Å². The minimum absolute atomic E-state index is 0. The van der Waals surface area contributed by atoms with Crippen molar-refractivity contribution in [2.45, 2.75) is 38.5 Å². The molecule has 4 aliphatic carbocycles. The largest absolute Gasteiger partial charge is 0.324 e. The molecule has 0 spiro atoms. The van der Waals surface area contributed by atoms with Gasteiger partial charge in [0.2, 0.25) is 5.91 Å². The summed E-state index contributed by atoms with van der Waals surface area (Å²) in [7, 11) is 0. The molecule has 130 valence electrons. The molecule has 0 unspecified atom stereocenters. The van der Waals surface area contributed by atoms with Gasteiger partial charge < -0.3 is 11.1 Å². The average molecular weight is 393 g/mol. The molecule has 0 atom stereocenters. The van der Waals surface area contributed by atoms with Crippen LogP contribution in [0.1, 0.15) is 48.9 Å². The normalized spacial score (nSPS) is 33.0. The lowest BCUT2D eigenvalue weighted by atomic mass is 9.48. The summed E-state index contributed by atoms with van der Waals surface area (Å²) in [5.41, 5.74) is 6.49. The van der Waals surface area contributed by atoms with Crippen LogP contribution in [-0.4, -0.2) is 18.2 Å². The first-order valence-electron chi connectivity index (χ1n) is 8.73. The Bertz CT molecular complexity index is 623. The van der Waals surface area contributed by atoms with Gasteiger partial charge in [0.25, 0.3) is 0 Å². The number of anilines is 1. The molecule has 5 heteroatoms. The average Bonchev–Trinajstić information content (AvgIpc) is 2.53. The Labute approximate surface area is 153 Å². The van der Waals surface area contributed by atoms with Crippen molar-refractivity contribution < 1.29 is 9.59 Å². The maximum absolute atomic E-state index is 13.4. The number of nitrogens with one attached hydrogen (secondary N) is 1. The summed E-state index contributed by atoms with van der Waals surface area (Å²) in [6, 6.07) is 7.39. The highest BCUT2D eigenvalue weighted by Gasteiger charge is 2.54. The predicted octanol–water partition coefficient (Wildman–Crippen LogP) is 3.56. The molecule has 1 aromatic carbocycles. The SMILES string of the molecule is Br.NCC(=O)Nc1ccccc1C(=O)C12CC3CC(CC(C3)C1)C2. The number of ketones is 1. The van der Waals surface area contributed by atoms with E-state index in [4.69, 9.17) is 5.73 Å². The molecule has 4 aliphatic rings. The highest BCUT2D eigenvalue weighted by molar-refractivity contribution is 8.93. The van der Waals surface area contributed by atoms with Gasteiger partial charge in [-0.05, 0) is 68.4 Å². The topological polar surface area (TPSA) is 72.2 Å². The maximum atomic E-state index is 13.4. The lowest BCUT2D eigenvalue weighted by molar-refractivity contribution is -0.114. The molecule has 5 rings (SSSR count). The van der Waals surface area contributed by atoms with Crippen molar-refractivity contribution in [1.82, 2.24) is 0 Å². The molecule has 0 aliphatic heterocycles. The van der Waals surface area contributed by atoms with Gasteiger partial charge in [-0.15, -0.1) is 17.0 Å². The van der Waals surface area contributed by atoms with Crippen LogP contribution in [0.15, 0.2) is 24.3 Å². The second-order valence-electron chi connectivity index (χ2n) is 7.82. The highest BCUT2D eigenvalue weighted by Crippen LogP contribution is 2.61. The van der Waals surface area contributed by atoms with E-state index in [2.05, 4.69) is 5.32 Å². The molecule has 0 heterocycles. The van der Waals surface area contributed by atoms with Gasteiger partial charge in [-0.3, -0.25) is 9.59 Å². The fourth-order valence-corrected chi connectivity index (χ4v) is 5.67. The third-order valence-electron chi connectivity index (χ3n) is 6.15. The van der Waals surface area contributed by atoms with Gasteiger partial charge >= 0.3 is 0 Å². The van der Waals surface area contributed by atoms with E-state index in [9.17, 15) is 9.59 Å². The fraction of sp³-hybridized carbons (Fsp3) is 0.579. The third-order valence-corrected chi connectivity index (χ3v) is 6.15. The highest BCUT2D eigenvalue weighted by atomic mass is 79.9. The lowest BCUT2D eigenvalue weighted by Gasteiger charge is -2.56. The van der Waals surface area contributed by atoms with E-state index in [1.54, 1.807) is 6.07 Å². The zero-order chi connectivity index (χ0) is 16.0. The zero-order valence-corrected chi connectivity index (χ0v) is 15.5. The van der Waals surface area contributed by atoms with E-state index in [1.165, 1.54) is 19.3 Å². The Balaban J connectivity index is 0.00000169. The molecule has 4 saturated carbocycles. The number of benzene rings is 1. The van der Waals surface area contributed by atoms with Crippen LogP contribution >= 0.6 is 17.0 Å². The second-order valence-corrected chi connectivity index (χ2v) is 7.82. The molecule has 0 aromatic heterocycles. The van der Waals surface area contributed by atoms with E-state index in [-0.39, 0.29) is 40.6 Å². The molecule has 24 heavy (non-hydrogen) atoms. The van der Waals surface area contributed by atoms with E-state index in [1.807, 2.05) is 18.2 Å². The number of hydrogen-bond donors (Lipinski definition) is 2. The van der Waals surface area contributed by atoms with Crippen molar-refractivity contribution >= 4 is 34.4 Å². The Morgan fingerprint density at radius 1 is 1.04 bits per heavy atom. The van der Waals surface area contributed by atoms with Gasteiger partial charge in [0.05, 0.1) is 12.2 Å². The summed E-state index contributed by atoms with van der Waals surface area (Å²) >= 11 is 0. The minimum atomic E-state index is -0.254. The molecule has 4 nitrogen and oxygen atoms in total. The number of rotatable bonds is 4. The summed E-state index contributed by atoms with van der Waals surface area (Å²) < 4.78 is 0. The van der Waals surface area contributed by atoms with Gasteiger partial charge in [0.1, 0.15) is 0 Å². The number of hydrogen-bond acceptors (Lipinski definition) is 3. The number of carbonyl (C=O) groups excluding carboxylic acids is 2. The molecule has 4 fully saturated rings. The Morgan fingerprint density at radius 2 is 1.58 bits per heavy atom. The van der Waals surface area contributed by atoms with Crippen molar-refractivity contribution in [2.75, 3.05) is 11.9 Å². The molecule has 3 N–H and O–H groups in total. The number of Topliss-reactive ketones (excluding diaryl/α,β-unsaturated/α-hetero) is 1. The first-order chi connectivity index (χ1) is 11.1. The molecule has 0 radical (unpaired) electrons. The summed E-state index contributed by atoms with van der Waals surface area (Å²) in [4.78, 5) is 25.1. The Kier molecular flexibility index (Phi) is 4.85. The molecular formula is C19H25BrN2O2. The van der Waals surface area contributed by atoms with Crippen molar-refractivity contribution in [1.29, 1.82) is 0 Å². The van der Waals surface area contributed by atoms with Crippen molar-refractivity contribution in [3.8, 4) is 0 Å². The van der Waals surface area contributed by atoms with Crippen molar-refractivity contribution in [3.05, 3.63) is 29.8 Å². The van der Waals surface area contributed by atoms with E-state index in [0.29, 0.717) is 11.3 Å². The first-order valence-corrected chi connectivity index (χ1v) is 8.73. The smallest absolute Gasteiger partial charge is 0.238 e. The van der Waals surface area contributed by atoms with Crippen LogP contribution < -0.4 is 11.1 Å². The summed E-state index contributed by atoms with van der Waals surface area (Å²) in [5.74, 6) is 2.18. The summed E-state index contributed by atoms with van der Waals surface area (Å²) in [6.07, 6.45) is 7.07. The van der Waals surface area contributed by atoms with E-state index < -0.39 is 0 Å². The Hall–Kier alpha value is -1.20. The van der Waals surface area contributed by atoms with Crippen LogP contribution in [-0.2, 0) is 4.79 Å². The number of halogens is 1. The van der Waals surface area contributed by atoms with Gasteiger partial charge in [-0.2, -0.15) is 0 Å². The van der Waals surface area contributed by atoms with Gasteiger partial charge in [0, 0.05) is 11.0 Å². The van der Waals surface area contributed by atoms with E-state index >= 15 is 0 Å². The van der Waals surface area contributed by atoms with Crippen LogP contribution in [0.25, 0.3) is 0 Å². The molecule has 4 bridgehead atoms. The summed E-state index contributed by atoms with van der Waals surface area (Å²) in [5, 5.41) is 2.79. The van der Waals surface area contributed by atoms with Crippen LogP contribution in [0.2, 0.25) is 0 Å². The molecule has 1 aromatic rings. The zero-order valence-electron chi connectivity index (χ0n) is 13.8. The first kappa shape index (κ1) is 17.6. The van der Waals surface area contributed by atoms with Gasteiger partial charge in [0.15, 0.2) is 5.78 Å². The standard InChI is InChI=1S/C19H24N2O2.BrH/c20-11-17(22)21-16-4-2-1-3-15(16)18(23)19-8-12-5-13(9-19)7-14(6-12)10-19;/h1-4,12-14H,5-11,20H2,(H,21,22);1H. The molecule has 1 amide bonds. The predicted molar refractivity (Wildman–Crippen MR) is 99.4 cm³/mol. The van der Waals surface area contributed by atoms with Crippen LogP contribution in [0, 0.1) is 23.2 Å². The monoisotopic (exact) mass is 392 g/mol. The minimum Gasteiger partial charge on any atom is -0.324 e. The van der Waals surface area contributed by atoms with Crippen LogP contribution in [0.3, 0.4) is 0 Å². The van der Waals surface area contributed by atoms with E-state index in [0.717, 1.165) is 37.0 Å². The number of para-hydroxylation sites is 1. The Morgan fingerprint density at radius 3 is 2.12 bits per heavy atom. The molecule has 0 saturated heterocycles. The number of nitrogens with two attached hydrogens (primary N) is 1. The van der Waals surface area contributed by atoms with Crippen LogP contribution in [0.4, 0.5) is 5.69 Å². The number of carbonyl (C=O) groups is 2. The van der Waals surface area contributed by atoms with Crippen molar-refractivity contribution in [3.63, 3.8) is 0 Å². The molecular weight excluding hydrogens is 368 g/mol. The quantitative estimate of drug-likeness (QED) is 0.769. The lowest BCUT2D eigenvalue weighted by Crippen LogP contribution is -2.50. The van der Waals surface area contributed by atoms with Gasteiger partial charge in [-0.25, -0.2) is 0 Å². The van der Waals surface area contributed by atoms with Crippen molar-refractivity contribution in [2.24, 2.45) is 28.9 Å². The van der Waals surface area contributed by atoms with Crippen LogP contribution in [0.5, 0.6) is 0 Å². The fourth-order valence-electron chi connectivity index (χ4n) is 5.67. The number of amides is 1. The maximum Gasteiger partial charge on any atom is 0.238 e. The second kappa shape index (κ2) is 6.60.